The van der Waals surface area contributed by atoms with E-state index in [0.29, 0.717) is 19.5 Å². The molecule has 2 rings (SSSR count). The number of hydrogen-bond acceptors (Lipinski definition) is 3. The van der Waals surface area contributed by atoms with Gasteiger partial charge in [0.05, 0.1) is 6.10 Å². The average Bonchev–Trinajstić information content (AvgIpc) is 3.11. The second-order valence-electron chi connectivity index (χ2n) is 6.56. The van der Waals surface area contributed by atoms with Crippen molar-refractivity contribution in [2.24, 2.45) is 0 Å². The lowest BCUT2D eigenvalue weighted by molar-refractivity contribution is -0.130. The Hall–Kier alpha value is -1.88. The fourth-order valence-corrected chi connectivity index (χ4v) is 3.25. The molecule has 1 aromatic carbocycles. The van der Waals surface area contributed by atoms with E-state index in [-0.39, 0.29) is 17.9 Å². The number of amides is 2. The Morgan fingerprint density at radius 2 is 1.92 bits per heavy atom. The Morgan fingerprint density at radius 3 is 2.44 bits per heavy atom. The topological polar surface area (TPSA) is 58.6 Å². The van der Waals surface area contributed by atoms with Crippen LogP contribution in [-0.2, 0) is 27.2 Å². The molecule has 138 valence electrons. The standard InChI is InChI=1S/C20H30N2O3/c1-4-16-8-6-9-17(5-2)20(16)21-19(24)11-12-22(15(3)23)14-18-10-7-13-25-18/h6,8-9,18H,4-5,7,10-14H2,1-3H3,(H,21,24). The highest BCUT2D eigenvalue weighted by Crippen LogP contribution is 2.23. The van der Waals surface area contributed by atoms with E-state index >= 15 is 0 Å². The van der Waals surface area contributed by atoms with E-state index < -0.39 is 0 Å². The molecule has 5 heteroatoms. The summed E-state index contributed by atoms with van der Waals surface area (Å²) < 4.78 is 5.60. The summed E-state index contributed by atoms with van der Waals surface area (Å²) in [7, 11) is 0. The lowest BCUT2D eigenvalue weighted by atomic mass is 10.0. The van der Waals surface area contributed by atoms with Crippen LogP contribution in [0.2, 0.25) is 0 Å². The van der Waals surface area contributed by atoms with Crippen molar-refractivity contribution in [2.75, 3.05) is 25.0 Å². The van der Waals surface area contributed by atoms with Crippen molar-refractivity contribution in [1.82, 2.24) is 4.90 Å². The number of rotatable bonds is 8. The quantitative estimate of drug-likeness (QED) is 0.786. The van der Waals surface area contributed by atoms with E-state index in [1.165, 1.54) is 0 Å². The van der Waals surface area contributed by atoms with E-state index in [2.05, 4.69) is 19.2 Å². The number of nitrogens with zero attached hydrogens (tertiary/aromatic N) is 1. The third kappa shape index (κ3) is 5.56. The van der Waals surface area contributed by atoms with Crippen molar-refractivity contribution in [2.45, 2.75) is 59.0 Å². The molecule has 1 unspecified atom stereocenters. The van der Waals surface area contributed by atoms with Gasteiger partial charge in [-0.15, -0.1) is 0 Å². The van der Waals surface area contributed by atoms with E-state index in [4.69, 9.17) is 4.74 Å². The molecular formula is C20H30N2O3. The van der Waals surface area contributed by atoms with Gasteiger partial charge in [-0.25, -0.2) is 0 Å². The van der Waals surface area contributed by atoms with E-state index in [1.54, 1.807) is 11.8 Å². The number of nitrogens with one attached hydrogen (secondary N) is 1. The molecule has 0 bridgehead atoms. The fourth-order valence-electron chi connectivity index (χ4n) is 3.25. The van der Waals surface area contributed by atoms with Gasteiger partial charge in [-0.3, -0.25) is 9.59 Å². The van der Waals surface area contributed by atoms with Gasteiger partial charge in [0.2, 0.25) is 11.8 Å². The first-order valence-corrected chi connectivity index (χ1v) is 9.32. The summed E-state index contributed by atoms with van der Waals surface area (Å²) >= 11 is 0. The molecule has 1 fully saturated rings. The summed E-state index contributed by atoms with van der Waals surface area (Å²) in [6.45, 7) is 7.50. The van der Waals surface area contributed by atoms with Gasteiger partial charge in [-0.05, 0) is 36.8 Å². The Morgan fingerprint density at radius 1 is 1.24 bits per heavy atom. The van der Waals surface area contributed by atoms with Gasteiger partial charge in [0.25, 0.3) is 0 Å². The Balaban J connectivity index is 1.93. The lowest BCUT2D eigenvalue weighted by Crippen LogP contribution is -2.37. The molecule has 1 atom stereocenters. The first kappa shape index (κ1) is 19.4. The summed E-state index contributed by atoms with van der Waals surface area (Å²) in [6, 6.07) is 6.13. The number of hydrogen-bond donors (Lipinski definition) is 1. The Labute approximate surface area is 150 Å². The minimum atomic E-state index is -0.0470. The number of para-hydroxylation sites is 1. The second kappa shape index (κ2) is 9.56. The van der Waals surface area contributed by atoms with Crippen LogP contribution in [0.15, 0.2) is 18.2 Å². The fraction of sp³-hybridized carbons (Fsp3) is 0.600. The number of aryl methyl sites for hydroxylation is 2. The minimum absolute atomic E-state index is 0.00787. The summed E-state index contributed by atoms with van der Waals surface area (Å²) in [5.74, 6) is -0.0549. The van der Waals surface area contributed by atoms with Crippen LogP contribution in [0, 0.1) is 0 Å². The molecule has 2 amide bonds. The molecule has 5 nitrogen and oxygen atoms in total. The van der Waals surface area contributed by atoms with Gasteiger partial charge in [0.1, 0.15) is 0 Å². The van der Waals surface area contributed by atoms with E-state index in [9.17, 15) is 9.59 Å². The van der Waals surface area contributed by atoms with Crippen molar-refractivity contribution >= 4 is 17.5 Å². The second-order valence-corrected chi connectivity index (χ2v) is 6.56. The van der Waals surface area contributed by atoms with Crippen LogP contribution in [-0.4, -0.2) is 42.5 Å². The number of carbonyl (C=O) groups is 2. The minimum Gasteiger partial charge on any atom is -0.376 e. The van der Waals surface area contributed by atoms with Crippen LogP contribution in [0.1, 0.15) is 51.2 Å². The maximum atomic E-state index is 12.4. The van der Waals surface area contributed by atoms with Crippen LogP contribution in [0.5, 0.6) is 0 Å². The summed E-state index contributed by atoms with van der Waals surface area (Å²) in [6.07, 6.45) is 4.20. The van der Waals surface area contributed by atoms with Crippen LogP contribution < -0.4 is 5.32 Å². The third-order valence-corrected chi connectivity index (χ3v) is 4.77. The molecule has 0 radical (unpaired) electrons. The zero-order valence-corrected chi connectivity index (χ0v) is 15.6. The highest BCUT2D eigenvalue weighted by molar-refractivity contribution is 5.92. The molecule has 1 heterocycles. The molecule has 0 aromatic heterocycles. The van der Waals surface area contributed by atoms with Crippen molar-refractivity contribution < 1.29 is 14.3 Å². The first-order valence-electron chi connectivity index (χ1n) is 9.32. The van der Waals surface area contributed by atoms with Crippen molar-refractivity contribution in [1.29, 1.82) is 0 Å². The maximum Gasteiger partial charge on any atom is 0.226 e. The van der Waals surface area contributed by atoms with Crippen molar-refractivity contribution in [3.63, 3.8) is 0 Å². The number of carbonyl (C=O) groups excluding carboxylic acids is 2. The van der Waals surface area contributed by atoms with Crippen LogP contribution >= 0.6 is 0 Å². The molecular weight excluding hydrogens is 316 g/mol. The zero-order chi connectivity index (χ0) is 18.2. The molecule has 1 N–H and O–H groups in total. The number of benzene rings is 1. The largest absolute Gasteiger partial charge is 0.376 e. The summed E-state index contributed by atoms with van der Waals surface area (Å²) in [5, 5.41) is 3.06. The van der Waals surface area contributed by atoms with Crippen molar-refractivity contribution in [3.05, 3.63) is 29.3 Å². The molecule has 1 aliphatic heterocycles. The summed E-state index contributed by atoms with van der Waals surface area (Å²) in [4.78, 5) is 26.0. The molecule has 1 aliphatic rings. The zero-order valence-electron chi connectivity index (χ0n) is 15.6. The van der Waals surface area contributed by atoms with Crippen LogP contribution in [0.25, 0.3) is 0 Å². The van der Waals surface area contributed by atoms with Gasteiger partial charge in [0, 0.05) is 38.7 Å². The highest BCUT2D eigenvalue weighted by Gasteiger charge is 2.21. The Bertz CT molecular complexity index is 572. The number of anilines is 1. The molecule has 1 saturated heterocycles. The third-order valence-electron chi connectivity index (χ3n) is 4.77. The summed E-state index contributed by atoms with van der Waals surface area (Å²) in [5.41, 5.74) is 3.23. The molecule has 0 spiro atoms. The molecule has 0 saturated carbocycles. The lowest BCUT2D eigenvalue weighted by Gasteiger charge is -2.24. The predicted octanol–water partition coefficient (Wildman–Crippen LogP) is 3.17. The predicted molar refractivity (Wildman–Crippen MR) is 99.7 cm³/mol. The monoisotopic (exact) mass is 346 g/mol. The van der Waals surface area contributed by atoms with Gasteiger partial charge in [-0.2, -0.15) is 0 Å². The van der Waals surface area contributed by atoms with E-state index in [1.807, 2.05) is 18.2 Å². The Kier molecular flexibility index (Phi) is 7.44. The van der Waals surface area contributed by atoms with Crippen LogP contribution in [0.3, 0.4) is 0 Å². The molecule has 0 aliphatic carbocycles. The SMILES string of the molecule is CCc1cccc(CC)c1NC(=O)CCN(CC1CCCO1)C(C)=O. The number of ether oxygens (including phenoxy) is 1. The highest BCUT2D eigenvalue weighted by atomic mass is 16.5. The van der Waals surface area contributed by atoms with Crippen LogP contribution in [0.4, 0.5) is 5.69 Å². The maximum absolute atomic E-state index is 12.4. The van der Waals surface area contributed by atoms with Gasteiger partial charge in [-0.1, -0.05) is 32.0 Å². The van der Waals surface area contributed by atoms with E-state index in [0.717, 1.165) is 49.1 Å². The first-order chi connectivity index (χ1) is 12.0. The molecule has 1 aromatic rings. The van der Waals surface area contributed by atoms with Crippen molar-refractivity contribution in [3.8, 4) is 0 Å². The van der Waals surface area contributed by atoms with Gasteiger partial charge >= 0.3 is 0 Å². The average molecular weight is 346 g/mol. The van der Waals surface area contributed by atoms with Gasteiger partial charge < -0.3 is 15.0 Å². The molecule has 25 heavy (non-hydrogen) atoms. The van der Waals surface area contributed by atoms with Gasteiger partial charge in [0.15, 0.2) is 0 Å². The normalized spacial score (nSPS) is 16.7. The smallest absolute Gasteiger partial charge is 0.226 e.